The van der Waals surface area contributed by atoms with Crippen LogP contribution in [0, 0.1) is 5.92 Å². The van der Waals surface area contributed by atoms with Crippen LogP contribution in [0.3, 0.4) is 0 Å². The van der Waals surface area contributed by atoms with Gasteiger partial charge in [0.1, 0.15) is 0 Å². The van der Waals surface area contributed by atoms with Crippen molar-refractivity contribution in [3.8, 4) is 0 Å². The van der Waals surface area contributed by atoms with E-state index in [9.17, 15) is 0 Å². The summed E-state index contributed by atoms with van der Waals surface area (Å²) in [5.74, 6) is 0.793. The zero-order chi connectivity index (χ0) is 11.1. The lowest BCUT2D eigenvalue weighted by atomic mass is 10.1. The van der Waals surface area contributed by atoms with Gasteiger partial charge in [0.05, 0.1) is 13.2 Å². The summed E-state index contributed by atoms with van der Waals surface area (Å²) < 4.78 is 5.35. The van der Waals surface area contributed by atoms with E-state index in [1.807, 2.05) is 0 Å². The molecule has 1 N–H and O–H groups in total. The van der Waals surface area contributed by atoms with Crippen LogP contribution >= 0.6 is 0 Å². The summed E-state index contributed by atoms with van der Waals surface area (Å²) in [6.07, 6.45) is 1.26. The quantitative estimate of drug-likeness (QED) is 0.722. The lowest BCUT2D eigenvalue weighted by Crippen LogP contribution is -2.46. The van der Waals surface area contributed by atoms with Crippen LogP contribution in [0.1, 0.15) is 27.2 Å². The van der Waals surface area contributed by atoms with Gasteiger partial charge in [-0.1, -0.05) is 20.3 Å². The van der Waals surface area contributed by atoms with E-state index >= 15 is 0 Å². The molecule has 0 radical (unpaired) electrons. The molecule has 0 saturated carbocycles. The molecule has 1 saturated heterocycles. The fourth-order valence-corrected chi connectivity index (χ4v) is 1.83. The Balaban J connectivity index is 2.09. The van der Waals surface area contributed by atoms with E-state index in [0.29, 0.717) is 6.04 Å². The number of rotatable bonds is 6. The summed E-state index contributed by atoms with van der Waals surface area (Å²) in [5, 5.41) is 3.55. The molecular weight excluding hydrogens is 188 g/mol. The standard InChI is InChI=1S/C12H26N2O/c1-4-11(2)9-13-10-12(3)14-5-7-15-8-6-14/h11-13H,4-10H2,1-3H3. The normalized spacial score (nSPS) is 22.6. The van der Waals surface area contributed by atoms with E-state index in [-0.39, 0.29) is 0 Å². The number of ether oxygens (including phenoxy) is 1. The zero-order valence-electron chi connectivity index (χ0n) is 10.5. The Labute approximate surface area is 94.2 Å². The summed E-state index contributed by atoms with van der Waals surface area (Å²) >= 11 is 0. The lowest BCUT2D eigenvalue weighted by molar-refractivity contribution is 0.0203. The van der Waals surface area contributed by atoms with Gasteiger partial charge in [-0.2, -0.15) is 0 Å². The smallest absolute Gasteiger partial charge is 0.0594 e. The first-order valence-electron chi connectivity index (χ1n) is 6.26. The van der Waals surface area contributed by atoms with Gasteiger partial charge in [-0.05, 0) is 19.4 Å². The third-order valence-corrected chi connectivity index (χ3v) is 3.30. The molecule has 0 amide bonds. The Hall–Kier alpha value is -0.120. The highest BCUT2D eigenvalue weighted by atomic mass is 16.5. The maximum absolute atomic E-state index is 5.35. The molecule has 1 fully saturated rings. The highest BCUT2D eigenvalue weighted by Gasteiger charge is 2.16. The summed E-state index contributed by atoms with van der Waals surface area (Å²) in [7, 11) is 0. The minimum atomic E-state index is 0.637. The molecule has 2 atom stereocenters. The molecule has 1 aliphatic rings. The van der Waals surface area contributed by atoms with Crippen molar-refractivity contribution < 1.29 is 4.74 Å². The second-order valence-electron chi connectivity index (χ2n) is 4.67. The molecule has 1 rings (SSSR count). The van der Waals surface area contributed by atoms with Crippen LogP contribution in [-0.2, 0) is 4.74 Å². The zero-order valence-corrected chi connectivity index (χ0v) is 10.5. The van der Waals surface area contributed by atoms with E-state index in [2.05, 4.69) is 31.0 Å². The minimum Gasteiger partial charge on any atom is -0.379 e. The van der Waals surface area contributed by atoms with Crippen molar-refractivity contribution in [2.24, 2.45) is 5.92 Å². The first kappa shape index (κ1) is 12.9. The van der Waals surface area contributed by atoms with E-state index < -0.39 is 0 Å². The van der Waals surface area contributed by atoms with E-state index in [1.165, 1.54) is 6.42 Å². The molecule has 0 aromatic heterocycles. The summed E-state index contributed by atoms with van der Waals surface area (Å²) in [6, 6.07) is 0.637. The first-order chi connectivity index (χ1) is 7.24. The summed E-state index contributed by atoms with van der Waals surface area (Å²) in [4.78, 5) is 2.51. The minimum absolute atomic E-state index is 0.637. The number of morpholine rings is 1. The second kappa shape index (κ2) is 7.20. The van der Waals surface area contributed by atoms with Crippen molar-refractivity contribution in [2.45, 2.75) is 33.2 Å². The van der Waals surface area contributed by atoms with Gasteiger partial charge in [0, 0.05) is 25.7 Å². The largest absolute Gasteiger partial charge is 0.379 e. The molecule has 3 heteroatoms. The van der Waals surface area contributed by atoms with Gasteiger partial charge >= 0.3 is 0 Å². The number of hydrogen-bond acceptors (Lipinski definition) is 3. The lowest BCUT2D eigenvalue weighted by Gasteiger charge is -2.32. The Morgan fingerprint density at radius 2 is 1.87 bits per heavy atom. The predicted molar refractivity (Wildman–Crippen MR) is 64.2 cm³/mol. The third-order valence-electron chi connectivity index (χ3n) is 3.30. The molecule has 3 nitrogen and oxygen atoms in total. The summed E-state index contributed by atoms with van der Waals surface area (Å²) in [5.41, 5.74) is 0. The van der Waals surface area contributed by atoms with Crippen LogP contribution in [0.4, 0.5) is 0 Å². The van der Waals surface area contributed by atoms with Crippen LogP contribution in [0.5, 0.6) is 0 Å². The van der Waals surface area contributed by atoms with E-state index in [4.69, 9.17) is 4.74 Å². The first-order valence-corrected chi connectivity index (χ1v) is 6.26. The fourth-order valence-electron chi connectivity index (χ4n) is 1.83. The molecule has 1 aliphatic heterocycles. The Bertz CT molecular complexity index is 158. The Morgan fingerprint density at radius 3 is 2.47 bits per heavy atom. The average molecular weight is 214 g/mol. The molecule has 90 valence electrons. The average Bonchev–Trinajstić information content (AvgIpc) is 2.29. The van der Waals surface area contributed by atoms with Crippen LogP contribution < -0.4 is 5.32 Å². The predicted octanol–water partition coefficient (Wildman–Crippen LogP) is 1.34. The highest BCUT2D eigenvalue weighted by molar-refractivity contribution is 4.72. The van der Waals surface area contributed by atoms with E-state index in [0.717, 1.165) is 45.3 Å². The van der Waals surface area contributed by atoms with Crippen molar-refractivity contribution in [3.63, 3.8) is 0 Å². The van der Waals surface area contributed by atoms with Crippen molar-refractivity contribution in [1.29, 1.82) is 0 Å². The highest BCUT2D eigenvalue weighted by Crippen LogP contribution is 2.03. The molecule has 0 spiro atoms. The Morgan fingerprint density at radius 1 is 1.20 bits per heavy atom. The fraction of sp³-hybridized carbons (Fsp3) is 1.00. The topological polar surface area (TPSA) is 24.5 Å². The number of nitrogens with one attached hydrogen (secondary N) is 1. The maximum atomic E-state index is 5.35. The van der Waals surface area contributed by atoms with Crippen LogP contribution in [-0.4, -0.2) is 50.3 Å². The molecular formula is C12H26N2O. The molecule has 0 bridgehead atoms. The van der Waals surface area contributed by atoms with Gasteiger partial charge in [0.15, 0.2) is 0 Å². The Kier molecular flexibility index (Phi) is 6.22. The molecule has 1 heterocycles. The van der Waals surface area contributed by atoms with Crippen molar-refractivity contribution >= 4 is 0 Å². The van der Waals surface area contributed by atoms with Gasteiger partial charge in [-0.25, -0.2) is 0 Å². The SMILES string of the molecule is CCC(C)CNCC(C)N1CCOCC1. The van der Waals surface area contributed by atoms with Gasteiger partial charge in [0.25, 0.3) is 0 Å². The van der Waals surface area contributed by atoms with Crippen molar-refractivity contribution in [3.05, 3.63) is 0 Å². The van der Waals surface area contributed by atoms with Crippen LogP contribution in [0.15, 0.2) is 0 Å². The number of hydrogen-bond donors (Lipinski definition) is 1. The van der Waals surface area contributed by atoms with Gasteiger partial charge in [-0.15, -0.1) is 0 Å². The van der Waals surface area contributed by atoms with Crippen molar-refractivity contribution in [2.75, 3.05) is 39.4 Å². The summed E-state index contributed by atoms with van der Waals surface area (Å²) in [6.45, 7) is 13.1. The number of nitrogens with zero attached hydrogens (tertiary/aromatic N) is 1. The molecule has 15 heavy (non-hydrogen) atoms. The molecule has 0 aromatic rings. The molecule has 0 aliphatic carbocycles. The third kappa shape index (κ3) is 4.96. The second-order valence-corrected chi connectivity index (χ2v) is 4.67. The maximum Gasteiger partial charge on any atom is 0.0594 e. The van der Waals surface area contributed by atoms with Gasteiger partial charge in [0.2, 0.25) is 0 Å². The molecule has 0 aromatic carbocycles. The van der Waals surface area contributed by atoms with Gasteiger partial charge in [-0.3, -0.25) is 4.90 Å². The van der Waals surface area contributed by atoms with Crippen LogP contribution in [0.2, 0.25) is 0 Å². The monoisotopic (exact) mass is 214 g/mol. The molecule has 2 unspecified atom stereocenters. The van der Waals surface area contributed by atoms with Crippen molar-refractivity contribution in [1.82, 2.24) is 10.2 Å². The van der Waals surface area contributed by atoms with Crippen LogP contribution in [0.25, 0.3) is 0 Å². The van der Waals surface area contributed by atoms with Gasteiger partial charge < -0.3 is 10.1 Å². The van der Waals surface area contributed by atoms with E-state index in [1.54, 1.807) is 0 Å².